The van der Waals surface area contributed by atoms with Crippen LogP contribution in [0.5, 0.6) is 0 Å². The Morgan fingerprint density at radius 3 is 2.40 bits per heavy atom. The van der Waals surface area contributed by atoms with Gasteiger partial charge in [-0.05, 0) is 20.8 Å². The van der Waals surface area contributed by atoms with Crippen LogP contribution in [0, 0.1) is 0 Å². The molecule has 1 fully saturated rings. The Labute approximate surface area is 119 Å². The van der Waals surface area contributed by atoms with E-state index in [-0.39, 0.29) is 12.3 Å². The van der Waals surface area contributed by atoms with Gasteiger partial charge in [0.25, 0.3) is 10.2 Å². The number of carboxylic acids is 1. The summed E-state index contributed by atoms with van der Waals surface area (Å²) < 4.78 is 50.9. The molecule has 0 aromatic rings. The highest BCUT2D eigenvalue weighted by Gasteiger charge is 2.40. The lowest BCUT2D eigenvalue weighted by molar-refractivity contribution is -0.137. The fourth-order valence-electron chi connectivity index (χ4n) is 2.00. The molecule has 1 saturated heterocycles. The second kappa shape index (κ2) is 5.58. The highest BCUT2D eigenvalue weighted by Crippen LogP contribution is 2.19. The van der Waals surface area contributed by atoms with Crippen molar-refractivity contribution in [2.75, 3.05) is 18.1 Å². The lowest BCUT2D eigenvalue weighted by Crippen LogP contribution is -2.57. The molecule has 1 heterocycles. The van der Waals surface area contributed by atoms with Crippen molar-refractivity contribution in [3.05, 3.63) is 0 Å². The average Bonchev–Trinajstić information content (AvgIpc) is 2.09. The van der Waals surface area contributed by atoms with Crippen LogP contribution in [0.1, 0.15) is 27.2 Å². The molecule has 1 aliphatic rings. The summed E-state index contributed by atoms with van der Waals surface area (Å²) in [6.45, 7) is 4.72. The van der Waals surface area contributed by atoms with Crippen LogP contribution in [0.2, 0.25) is 0 Å². The molecule has 0 bridgehead atoms. The van der Waals surface area contributed by atoms with E-state index in [2.05, 4.69) is 4.72 Å². The minimum absolute atomic E-state index is 0.230. The number of sulfone groups is 1. The first-order chi connectivity index (χ1) is 8.82. The van der Waals surface area contributed by atoms with Crippen molar-refractivity contribution in [2.24, 2.45) is 0 Å². The van der Waals surface area contributed by atoms with E-state index in [4.69, 9.17) is 5.11 Å². The normalized spacial score (nSPS) is 24.4. The van der Waals surface area contributed by atoms with Crippen molar-refractivity contribution in [1.29, 1.82) is 0 Å². The maximum absolute atomic E-state index is 12.2. The molecule has 1 aliphatic heterocycles. The lowest BCUT2D eigenvalue weighted by atomic mass is 10.1. The zero-order chi connectivity index (χ0) is 15.8. The van der Waals surface area contributed by atoms with Crippen molar-refractivity contribution < 1.29 is 26.7 Å². The molecule has 1 atom stereocenters. The van der Waals surface area contributed by atoms with Gasteiger partial charge in [0.1, 0.15) is 0 Å². The Bertz CT molecular complexity index is 575. The molecule has 2 N–H and O–H groups in total. The van der Waals surface area contributed by atoms with E-state index >= 15 is 0 Å². The highest BCUT2D eigenvalue weighted by molar-refractivity contribution is 7.92. The topological polar surface area (TPSA) is 121 Å². The van der Waals surface area contributed by atoms with E-state index in [0.29, 0.717) is 0 Å². The van der Waals surface area contributed by atoms with E-state index in [1.54, 1.807) is 20.8 Å². The third-order valence-corrected chi connectivity index (χ3v) is 6.30. The monoisotopic (exact) mass is 328 g/mol. The first kappa shape index (κ1) is 17.3. The summed E-state index contributed by atoms with van der Waals surface area (Å²) >= 11 is 0. The van der Waals surface area contributed by atoms with Crippen molar-refractivity contribution in [3.8, 4) is 0 Å². The molecule has 8 nitrogen and oxygen atoms in total. The van der Waals surface area contributed by atoms with Gasteiger partial charge < -0.3 is 5.11 Å². The maximum atomic E-state index is 12.2. The van der Waals surface area contributed by atoms with Crippen LogP contribution in [0.3, 0.4) is 0 Å². The predicted octanol–water partition coefficient (Wildman–Crippen LogP) is -0.807. The summed E-state index contributed by atoms with van der Waals surface area (Å²) in [4.78, 5) is 10.8. The molecule has 0 saturated carbocycles. The molecule has 0 spiro atoms. The summed E-state index contributed by atoms with van der Waals surface area (Å²) in [5.74, 6) is -2.00. The quantitative estimate of drug-likeness (QED) is 0.696. The van der Waals surface area contributed by atoms with Crippen LogP contribution in [-0.4, -0.2) is 61.8 Å². The van der Waals surface area contributed by atoms with Crippen LogP contribution in [-0.2, 0) is 24.8 Å². The smallest absolute Gasteiger partial charge is 0.305 e. The number of nitrogens with one attached hydrogen (secondary N) is 1. The molecular weight excluding hydrogens is 308 g/mol. The van der Waals surface area contributed by atoms with E-state index in [9.17, 15) is 21.6 Å². The zero-order valence-electron chi connectivity index (χ0n) is 11.7. The van der Waals surface area contributed by atoms with Crippen molar-refractivity contribution in [1.82, 2.24) is 9.03 Å². The Kier molecular flexibility index (Phi) is 4.84. The first-order valence-electron chi connectivity index (χ1n) is 6.05. The van der Waals surface area contributed by atoms with Crippen LogP contribution >= 0.6 is 0 Å². The van der Waals surface area contributed by atoms with E-state index < -0.39 is 49.8 Å². The predicted molar refractivity (Wildman–Crippen MR) is 73.2 cm³/mol. The van der Waals surface area contributed by atoms with E-state index in [0.717, 1.165) is 4.31 Å². The minimum atomic E-state index is -3.93. The molecule has 0 aromatic carbocycles. The Morgan fingerprint density at radius 2 is 1.95 bits per heavy atom. The fraction of sp³-hybridized carbons (Fsp3) is 0.900. The fourth-order valence-corrected chi connectivity index (χ4v) is 5.50. The number of hydrogen-bond donors (Lipinski definition) is 2. The standard InChI is InChI=1S/C10H20N2O6S2/c1-10(2,3)11-20(17,18)12-4-5-19(15,16)7-8(12)6-9(13)14/h8,11H,4-7H2,1-3H3,(H,13,14). The van der Waals surface area contributed by atoms with Gasteiger partial charge >= 0.3 is 5.97 Å². The molecule has 0 aliphatic carbocycles. The minimum Gasteiger partial charge on any atom is -0.481 e. The van der Waals surface area contributed by atoms with Crippen molar-refractivity contribution in [3.63, 3.8) is 0 Å². The summed E-state index contributed by atoms with van der Waals surface area (Å²) in [7, 11) is -7.34. The number of carboxylic acid groups (broad SMARTS) is 1. The number of aliphatic carboxylic acids is 1. The Hall–Kier alpha value is -0.710. The third kappa shape index (κ3) is 5.00. The SMILES string of the molecule is CC(C)(C)NS(=O)(=O)N1CCS(=O)(=O)CC1CC(=O)O. The molecule has 10 heteroatoms. The second-order valence-electron chi connectivity index (χ2n) is 5.83. The van der Waals surface area contributed by atoms with Gasteiger partial charge in [0.2, 0.25) is 0 Å². The lowest BCUT2D eigenvalue weighted by Gasteiger charge is -2.35. The molecule has 1 rings (SSSR count). The Morgan fingerprint density at radius 1 is 1.40 bits per heavy atom. The van der Waals surface area contributed by atoms with Crippen LogP contribution in [0.4, 0.5) is 0 Å². The van der Waals surface area contributed by atoms with Gasteiger partial charge in [-0.25, -0.2) is 8.42 Å². The third-order valence-electron chi connectivity index (χ3n) is 2.63. The first-order valence-corrected chi connectivity index (χ1v) is 9.31. The van der Waals surface area contributed by atoms with Gasteiger partial charge in [-0.3, -0.25) is 4.79 Å². The van der Waals surface area contributed by atoms with Crippen LogP contribution in [0.25, 0.3) is 0 Å². The van der Waals surface area contributed by atoms with Crippen molar-refractivity contribution in [2.45, 2.75) is 38.8 Å². The maximum Gasteiger partial charge on any atom is 0.305 e. The molecular formula is C10H20N2O6S2. The van der Waals surface area contributed by atoms with Gasteiger partial charge in [-0.15, -0.1) is 0 Å². The Balaban J connectivity index is 3.04. The van der Waals surface area contributed by atoms with Gasteiger partial charge in [-0.2, -0.15) is 17.4 Å². The molecule has 118 valence electrons. The summed E-state index contributed by atoms with van der Waals surface area (Å²) in [6.07, 6.45) is -0.537. The summed E-state index contributed by atoms with van der Waals surface area (Å²) in [5, 5.41) is 8.82. The largest absolute Gasteiger partial charge is 0.481 e. The van der Waals surface area contributed by atoms with Crippen LogP contribution in [0.15, 0.2) is 0 Å². The summed E-state index contributed by atoms with van der Waals surface area (Å²) in [6, 6.07) is -1.08. The van der Waals surface area contributed by atoms with Gasteiger partial charge in [0.15, 0.2) is 9.84 Å². The zero-order valence-corrected chi connectivity index (χ0v) is 13.3. The second-order valence-corrected chi connectivity index (χ2v) is 9.69. The van der Waals surface area contributed by atoms with Crippen LogP contribution < -0.4 is 4.72 Å². The number of nitrogens with zero attached hydrogens (tertiary/aromatic N) is 1. The number of hydrogen-bond acceptors (Lipinski definition) is 5. The van der Waals surface area contributed by atoms with Gasteiger partial charge in [-0.1, -0.05) is 0 Å². The number of carbonyl (C=O) groups is 1. The van der Waals surface area contributed by atoms with E-state index in [1.165, 1.54) is 0 Å². The summed E-state index contributed by atoms with van der Waals surface area (Å²) in [5.41, 5.74) is -0.733. The molecule has 20 heavy (non-hydrogen) atoms. The number of rotatable bonds is 4. The molecule has 0 aromatic heterocycles. The molecule has 0 radical (unpaired) electrons. The average molecular weight is 328 g/mol. The van der Waals surface area contributed by atoms with Crippen molar-refractivity contribution >= 4 is 26.0 Å². The molecule has 0 amide bonds. The van der Waals surface area contributed by atoms with Gasteiger partial charge in [0.05, 0.1) is 24.0 Å². The van der Waals surface area contributed by atoms with E-state index in [1.807, 2.05) is 0 Å². The van der Waals surface area contributed by atoms with Gasteiger partial charge in [0, 0.05) is 12.1 Å². The molecule has 1 unspecified atom stereocenters. The highest BCUT2D eigenvalue weighted by atomic mass is 32.2.